The molecule has 2 saturated carbocycles. The highest BCUT2D eigenvalue weighted by molar-refractivity contribution is 7.92. The average Bonchev–Trinajstić information content (AvgIpc) is 3.67. The van der Waals surface area contributed by atoms with Gasteiger partial charge in [-0.1, -0.05) is 18.6 Å². The van der Waals surface area contributed by atoms with E-state index in [9.17, 15) is 18.3 Å². The SMILES string of the molecule is N#Cc1ccc(S(=O)(=O)Nc2cccc(C(C3=C(O)C4CCCCC4OC3=O)C3CC3)c2)nc1. The smallest absolute Gasteiger partial charge is 0.338 e. The van der Waals surface area contributed by atoms with Gasteiger partial charge in [0.05, 0.1) is 17.1 Å². The van der Waals surface area contributed by atoms with Gasteiger partial charge < -0.3 is 9.84 Å². The molecule has 8 nitrogen and oxygen atoms in total. The van der Waals surface area contributed by atoms with Crippen molar-refractivity contribution >= 4 is 21.7 Å². The molecule has 2 heterocycles. The van der Waals surface area contributed by atoms with Gasteiger partial charge >= 0.3 is 5.97 Å². The third kappa shape index (κ3) is 4.26. The first-order chi connectivity index (χ1) is 16.4. The Kier molecular flexibility index (Phi) is 5.78. The average molecular weight is 480 g/mol. The molecule has 1 aromatic carbocycles. The number of ether oxygens (including phenoxy) is 1. The largest absolute Gasteiger partial charge is 0.511 e. The van der Waals surface area contributed by atoms with Gasteiger partial charge in [0.1, 0.15) is 17.9 Å². The fraction of sp³-hybridized carbons (Fsp3) is 0.400. The number of esters is 1. The van der Waals surface area contributed by atoms with Crippen molar-refractivity contribution in [2.24, 2.45) is 11.8 Å². The lowest BCUT2D eigenvalue weighted by Crippen LogP contribution is -2.39. The van der Waals surface area contributed by atoms with E-state index < -0.39 is 16.0 Å². The third-order valence-electron chi connectivity index (χ3n) is 6.85. The van der Waals surface area contributed by atoms with E-state index in [1.165, 1.54) is 18.3 Å². The van der Waals surface area contributed by atoms with Crippen LogP contribution in [-0.4, -0.2) is 30.6 Å². The summed E-state index contributed by atoms with van der Waals surface area (Å²) in [6.45, 7) is 0. The van der Waals surface area contributed by atoms with Crippen LogP contribution in [0.15, 0.2) is 59.0 Å². The van der Waals surface area contributed by atoms with Crippen LogP contribution in [-0.2, 0) is 19.6 Å². The molecule has 3 atom stereocenters. The highest BCUT2D eigenvalue weighted by Crippen LogP contribution is 2.50. The van der Waals surface area contributed by atoms with E-state index in [2.05, 4.69) is 9.71 Å². The number of aliphatic hydroxyl groups is 1. The zero-order valence-electron chi connectivity index (χ0n) is 18.5. The van der Waals surface area contributed by atoms with Crippen LogP contribution in [0.3, 0.4) is 0 Å². The van der Waals surface area contributed by atoms with E-state index in [1.807, 2.05) is 12.1 Å². The Morgan fingerprint density at radius 2 is 1.94 bits per heavy atom. The molecule has 2 aliphatic carbocycles. The van der Waals surface area contributed by atoms with Gasteiger partial charge in [-0.15, -0.1) is 0 Å². The lowest BCUT2D eigenvalue weighted by Gasteiger charge is -2.37. The maximum absolute atomic E-state index is 13.0. The number of nitrogens with zero attached hydrogens (tertiary/aromatic N) is 2. The number of fused-ring (bicyclic) bond motifs is 1. The van der Waals surface area contributed by atoms with Gasteiger partial charge in [0.15, 0.2) is 5.03 Å². The van der Waals surface area contributed by atoms with Crippen LogP contribution in [0.2, 0.25) is 0 Å². The Labute approximate surface area is 198 Å². The monoisotopic (exact) mass is 479 g/mol. The van der Waals surface area contributed by atoms with Gasteiger partial charge in [-0.3, -0.25) is 4.72 Å². The van der Waals surface area contributed by atoms with Crippen LogP contribution in [0.1, 0.15) is 55.6 Å². The predicted octanol–water partition coefficient (Wildman–Crippen LogP) is 4.18. The summed E-state index contributed by atoms with van der Waals surface area (Å²) in [6, 6.07) is 11.5. The molecular formula is C25H25N3O5S. The Morgan fingerprint density at radius 1 is 1.15 bits per heavy atom. The van der Waals surface area contributed by atoms with Crippen molar-refractivity contribution in [1.29, 1.82) is 5.26 Å². The zero-order valence-corrected chi connectivity index (χ0v) is 19.3. The number of carbonyl (C=O) groups excluding carboxylic acids is 1. The van der Waals surface area contributed by atoms with Gasteiger partial charge in [0, 0.05) is 17.8 Å². The Balaban J connectivity index is 1.46. The maximum Gasteiger partial charge on any atom is 0.338 e. The zero-order chi connectivity index (χ0) is 23.9. The number of benzene rings is 1. The first-order valence-corrected chi connectivity index (χ1v) is 13.0. The molecule has 0 spiro atoms. The van der Waals surface area contributed by atoms with Crippen molar-refractivity contribution < 1.29 is 23.1 Å². The standard InChI is InChI=1S/C25H25N3O5S/c26-13-15-8-11-21(27-14-15)34(31,32)28-18-5-3-4-17(12-18)22(16-9-10-16)23-24(29)19-6-1-2-7-20(19)33-25(23)30/h3-5,8,11-12,14,16,19-20,22,28-29H,1-2,6-7,9-10H2. The molecule has 2 fully saturated rings. The summed E-state index contributed by atoms with van der Waals surface area (Å²) in [4.78, 5) is 16.8. The lowest BCUT2D eigenvalue weighted by molar-refractivity contribution is -0.152. The summed E-state index contributed by atoms with van der Waals surface area (Å²) in [7, 11) is -3.97. The fourth-order valence-electron chi connectivity index (χ4n) is 5.05. The number of carbonyl (C=O) groups is 1. The molecule has 0 amide bonds. The van der Waals surface area contributed by atoms with E-state index >= 15 is 0 Å². The van der Waals surface area contributed by atoms with E-state index in [0.29, 0.717) is 11.3 Å². The van der Waals surface area contributed by atoms with Gasteiger partial charge in [0.2, 0.25) is 0 Å². The summed E-state index contributed by atoms with van der Waals surface area (Å²) in [6.07, 6.45) is 6.33. The summed E-state index contributed by atoms with van der Waals surface area (Å²) in [5.74, 6) is -0.646. The molecule has 5 rings (SSSR count). The van der Waals surface area contributed by atoms with Gasteiger partial charge in [0.25, 0.3) is 10.0 Å². The predicted molar refractivity (Wildman–Crippen MR) is 123 cm³/mol. The van der Waals surface area contributed by atoms with Crippen LogP contribution in [0, 0.1) is 23.2 Å². The minimum atomic E-state index is -3.97. The van der Waals surface area contributed by atoms with Crippen LogP contribution in [0.4, 0.5) is 5.69 Å². The van der Waals surface area contributed by atoms with Crippen LogP contribution in [0.25, 0.3) is 0 Å². The number of hydrogen-bond acceptors (Lipinski definition) is 7. The number of pyridine rings is 1. The van der Waals surface area contributed by atoms with Crippen molar-refractivity contribution in [3.63, 3.8) is 0 Å². The van der Waals surface area contributed by atoms with Gasteiger partial charge in [-0.25, -0.2) is 9.78 Å². The first kappa shape index (κ1) is 22.4. The second kappa shape index (κ2) is 8.76. The van der Waals surface area contributed by atoms with E-state index in [1.54, 1.807) is 18.2 Å². The number of aromatic nitrogens is 1. The topological polar surface area (TPSA) is 129 Å². The molecule has 0 saturated heterocycles. The molecule has 0 radical (unpaired) electrons. The van der Waals surface area contributed by atoms with Crippen molar-refractivity contribution in [2.45, 2.75) is 55.6 Å². The number of aliphatic hydroxyl groups excluding tert-OH is 1. The Bertz CT molecular complexity index is 1290. The van der Waals surface area contributed by atoms with Crippen molar-refractivity contribution in [3.05, 3.63) is 65.1 Å². The number of nitriles is 1. The quantitative estimate of drug-likeness (QED) is 0.595. The van der Waals surface area contributed by atoms with E-state index in [-0.39, 0.29) is 40.2 Å². The summed E-state index contributed by atoms with van der Waals surface area (Å²) in [5.41, 5.74) is 1.66. The number of nitrogens with one attached hydrogen (secondary N) is 1. The number of anilines is 1. The highest BCUT2D eigenvalue weighted by atomic mass is 32.2. The number of hydrogen-bond donors (Lipinski definition) is 2. The number of rotatable bonds is 6. The number of sulfonamides is 1. The fourth-order valence-corrected chi connectivity index (χ4v) is 6.04. The third-order valence-corrected chi connectivity index (χ3v) is 8.15. The molecule has 176 valence electrons. The lowest BCUT2D eigenvalue weighted by atomic mass is 9.77. The van der Waals surface area contributed by atoms with Gasteiger partial charge in [-0.2, -0.15) is 13.7 Å². The minimum Gasteiger partial charge on any atom is -0.511 e. The minimum absolute atomic E-state index is 0.144. The van der Waals surface area contributed by atoms with Crippen molar-refractivity contribution in [1.82, 2.24) is 4.98 Å². The highest BCUT2D eigenvalue weighted by Gasteiger charge is 2.46. The Morgan fingerprint density at radius 3 is 2.65 bits per heavy atom. The molecule has 1 aliphatic heterocycles. The Hall–Kier alpha value is -3.38. The molecule has 2 aromatic rings. The molecular weight excluding hydrogens is 454 g/mol. The summed E-state index contributed by atoms with van der Waals surface area (Å²) < 4.78 is 33.9. The molecule has 34 heavy (non-hydrogen) atoms. The molecule has 3 unspecified atom stereocenters. The summed E-state index contributed by atoms with van der Waals surface area (Å²) in [5, 5.41) is 19.8. The van der Waals surface area contributed by atoms with E-state index in [0.717, 1.165) is 44.1 Å². The molecule has 1 aromatic heterocycles. The van der Waals surface area contributed by atoms with Crippen LogP contribution < -0.4 is 4.72 Å². The normalized spacial score (nSPS) is 23.4. The molecule has 2 N–H and O–H groups in total. The van der Waals surface area contributed by atoms with Crippen LogP contribution >= 0.6 is 0 Å². The summed E-state index contributed by atoms with van der Waals surface area (Å²) >= 11 is 0. The second-order valence-corrected chi connectivity index (χ2v) is 10.8. The maximum atomic E-state index is 13.0. The molecule has 9 heteroatoms. The van der Waals surface area contributed by atoms with Crippen LogP contribution in [0.5, 0.6) is 0 Å². The van der Waals surface area contributed by atoms with Gasteiger partial charge in [-0.05, 0) is 67.9 Å². The van der Waals surface area contributed by atoms with Crippen molar-refractivity contribution in [2.75, 3.05) is 4.72 Å². The second-order valence-electron chi connectivity index (χ2n) is 9.18. The van der Waals surface area contributed by atoms with E-state index in [4.69, 9.17) is 10.00 Å². The molecule has 3 aliphatic rings. The molecule has 0 bridgehead atoms. The van der Waals surface area contributed by atoms with Crippen molar-refractivity contribution in [3.8, 4) is 6.07 Å². The first-order valence-electron chi connectivity index (χ1n) is 11.5.